The molecule has 1 heterocycles. The summed E-state index contributed by atoms with van der Waals surface area (Å²) in [5.41, 5.74) is 1.99. The summed E-state index contributed by atoms with van der Waals surface area (Å²) in [4.78, 5) is 0. The van der Waals surface area contributed by atoms with Gasteiger partial charge in [-0.3, -0.25) is 0 Å². The molecule has 2 nitrogen and oxygen atoms in total. The Labute approximate surface area is 86.5 Å². The molecule has 0 radical (unpaired) electrons. The van der Waals surface area contributed by atoms with Crippen LogP contribution < -0.4 is 0 Å². The molecule has 0 bridgehead atoms. The first-order valence-electron chi connectivity index (χ1n) is 2.85. The van der Waals surface area contributed by atoms with Crippen molar-refractivity contribution in [2.24, 2.45) is 0 Å². The van der Waals surface area contributed by atoms with Gasteiger partial charge in [0.15, 0.2) is 0 Å². The van der Waals surface area contributed by atoms with Crippen LogP contribution in [0.15, 0.2) is 21.1 Å². The van der Waals surface area contributed by atoms with Crippen LogP contribution in [0, 0.1) is 0 Å². The zero-order valence-corrected chi connectivity index (χ0v) is 10.1. The summed E-state index contributed by atoms with van der Waals surface area (Å²) in [5, 5.41) is 0. The fourth-order valence-electron chi connectivity index (χ4n) is 0.795. The van der Waals surface area contributed by atoms with Gasteiger partial charge < -0.3 is 0 Å². The molecule has 5 heteroatoms. The monoisotopic (exact) mass is 340 g/mol. The van der Waals surface area contributed by atoms with Gasteiger partial charge in [0.2, 0.25) is 0 Å². The molecule has 11 heavy (non-hydrogen) atoms. The van der Waals surface area contributed by atoms with Crippen molar-refractivity contribution in [1.29, 1.82) is 0 Å². The van der Waals surface area contributed by atoms with E-state index in [0.717, 1.165) is 20.0 Å². The second-order valence-electron chi connectivity index (χ2n) is 1.99. The van der Waals surface area contributed by atoms with Gasteiger partial charge in [0, 0.05) is 0 Å². The van der Waals surface area contributed by atoms with E-state index in [1.807, 2.05) is 12.1 Å². The van der Waals surface area contributed by atoms with Gasteiger partial charge in [-0.1, -0.05) is 0 Å². The van der Waals surface area contributed by atoms with Gasteiger partial charge in [0.1, 0.15) is 0 Å². The summed E-state index contributed by atoms with van der Waals surface area (Å²) in [6, 6.07) is 3.95. The molecule has 0 aliphatic rings. The zero-order chi connectivity index (χ0) is 7.84. The Kier molecular flexibility index (Phi) is 2.14. The number of aromatic nitrogens is 2. The Morgan fingerprint density at radius 2 is 2.00 bits per heavy atom. The molecule has 1 aromatic heterocycles. The quantitative estimate of drug-likeness (QED) is 0.687. The zero-order valence-electron chi connectivity index (χ0n) is 5.21. The first-order chi connectivity index (χ1) is 5.29. The maximum atomic E-state index is 4.28. The molecule has 0 fully saturated rings. The molecule has 0 saturated heterocycles. The number of rotatable bonds is 0. The van der Waals surface area contributed by atoms with Crippen LogP contribution in [0.5, 0.6) is 0 Å². The van der Waals surface area contributed by atoms with Crippen molar-refractivity contribution in [3.05, 3.63) is 21.1 Å². The summed E-state index contributed by atoms with van der Waals surface area (Å²) < 4.78 is 10.6. The fraction of sp³-hybridized carbons (Fsp3) is 0. The van der Waals surface area contributed by atoms with Crippen LogP contribution in [-0.2, 0) is 0 Å². The Morgan fingerprint density at radius 3 is 2.82 bits per heavy atom. The molecule has 0 atom stereocenters. The van der Waals surface area contributed by atoms with E-state index in [4.69, 9.17) is 0 Å². The topological polar surface area (TPSA) is 25.8 Å². The van der Waals surface area contributed by atoms with Gasteiger partial charge in [0.05, 0.1) is 0 Å². The maximum absolute atomic E-state index is 4.28. The molecule has 0 amide bonds. The molecule has 0 aliphatic heterocycles. The third-order valence-electron chi connectivity index (χ3n) is 1.32. The van der Waals surface area contributed by atoms with Crippen molar-refractivity contribution in [2.75, 3.05) is 0 Å². The predicted octanol–water partition coefficient (Wildman–Crippen LogP) is 2.21. The molecule has 0 aliphatic carbocycles. The average molecular weight is 341 g/mol. The summed E-state index contributed by atoms with van der Waals surface area (Å²) in [6.07, 6.45) is 0. The van der Waals surface area contributed by atoms with Crippen molar-refractivity contribution < 1.29 is 0 Å². The molecule has 2 aromatic rings. The van der Waals surface area contributed by atoms with Crippen LogP contribution in [0.2, 0.25) is 0 Å². The molecule has 0 spiro atoms. The van der Waals surface area contributed by atoms with E-state index in [-0.39, 0.29) is 15.0 Å². The second kappa shape index (κ2) is 2.98. The van der Waals surface area contributed by atoms with Crippen molar-refractivity contribution in [3.8, 4) is 0 Å². The van der Waals surface area contributed by atoms with Crippen molar-refractivity contribution in [2.45, 2.75) is 0 Å². The van der Waals surface area contributed by atoms with E-state index in [2.05, 4.69) is 39.8 Å². The van der Waals surface area contributed by atoms with Crippen LogP contribution >= 0.6 is 31.9 Å². The minimum atomic E-state index is 0.0612. The van der Waals surface area contributed by atoms with Crippen LogP contribution in [0.1, 0.15) is 0 Å². The summed E-state index contributed by atoms with van der Waals surface area (Å²) in [6.45, 7) is 0. The number of benzene rings is 1. The minimum absolute atomic E-state index is 0.0612. The number of nitrogens with zero attached hydrogens (tertiary/aromatic N) is 2. The third kappa shape index (κ3) is 1.31. The van der Waals surface area contributed by atoms with Crippen LogP contribution in [0.4, 0.5) is 0 Å². The van der Waals surface area contributed by atoms with Crippen molar-refractivity contribution >= 4 is 57.9 Å². The Morgan fingerprint density at radius 1 is 1.18 bits per heavy atom. The molecule has 56 valence electrons. The molecule has 0 saturated carbocycles. The van der Waals surface area contributed by atoms with Gasteiger partial charge in [-0.15, -0.1) is 0 Å². The first-order valence-corrected chi connectivity index (χ1v) is 5.97. The normalized spacial score (nSPS) is 10.7. The third-order valence-corrected chi connectivity index (χ3v) is 4.45. The SMILES string of the molecule is Brc1ccc2n[se]nc2c1Br. The number of hydrogen-bond acceptors (Lipinski definition) is 2. The summed E-state index contributed by atoms with van der Waals surface area (Å²) >= 11 is 6.91. The van der Waals surface area contributed by atoms with Gasteiger partial charge in [-0.2, -0.15) is 0 Å². The molecular formula is C6H2Br2N2Se. The van der Waals surface area contributed by atoms with Gasteiger partial charge in [0.25, 0.3) is 0 Å². The fourth-order valence-corrected chi connectivity index (χ4v) is 2.94. The molecular weight excluding hydrogens is 339 g/mol. The van der Waals surface area contributed by atoms with E-state index in [1.54, 1.807) is 0 Å². The average Bonchev–Trinajstić information content (AvgIpc) is 2.45. The van der Waals surface area contributed by atoms with Crippen LogP contribution in [0.3, 0.4) is 0 Å². The second-order valence-corrected chi connectivity index (χ2v) is 4.75. The van der Waals surface area contributed by atoms with E-state index >= 15 is 0 Å². The van der Waals surface area contributed by atoms with Gasteiger partial charge in [-0.25, -0.2) is 0 Å². The van der Waals surface area contributed by atoms with E-state index < -0.39 is 0 Å². The van der Waals surface area contributed by atoms with E-state index in [0.29, 0.717) is 0 Å². The Bertz CT molecular complexity index is 398. The van der Waals surface area contributed by atoms with Crippen LogP contribution in [-0.4, -0.2) is 22.9 Å². The van der Waals surface area contributed by atoms with Gasteiger partial charge >= 0.3 is 86.9 Å². The summed E-state index contributed by atoms with van der Waals surface area (Å²) in [5.74, 6) is 0. The summed E-state index contributed by atoms with van der Waals surface area (Å²) in [7, 11) is 0. The molecule has 2 rings (SSSR count). The Balaban J connectivity index is 2.93. The first kappa shape index (κ1) is 7.92. The molecule has 0 unspecified atom stereocenters. The predicted molar refractivity (Wildman–Crippen MR) is 51.9 cm³/mol. The standard InChI is InChI=1S/C6H2Br2N2Se/c7-3-1-2-4-6(5(3)8)10-11-9-4/h1-2H. The molecule has 0 N–H and O–H groups in total. The van der Waals surface area contributed by atoms with Crippen molar-refractivity contribution in [3.63, 3.8) is 0 Å². The number of hydrogen-bond donors (Lipinski definition) is 0. The number of halogens is 2. The van der Waals surface area contributed by atoms with Gasteiger partial charge in [-0.05, 0) is 0 Å². The number of fused-ring (bicyclic) bond motifs is 1. The van der Waals surface area contributed by atoms with E-state index in [1.165, 1.54) is 0 Å². The van der Waals surface area contributed by atoms with E-state index in [9.17, 15) is 0 Å². The Hall–Kier alpha value is 0.299. The van der Waals surface area contributed by atoms with Crippen LogP contribution in [0.25, 0.3) is 11.0 Å². The van der Waals surface area contributed by atoms with Crippen molar-refractivity contribution in [1.82, 2.24) is 7.96 Å². The molecule has 1 aromatic carbocycles.